The van der Waals surface area contributed by atoms with Gasteiger partial charge in [-0.3, -0.25) is 0 Å². The molecule has 0 spiro atoms. The van der Waals surface area contributed by atoms with Crippen LogP contribution in [0.15, 0.2) is 35.2 Å². The fourth-order valence-electron chi connectivity index (χ4n) is 1.50. The van der Waals surface area contributed by atoms with Gasteiger partial charge in [0, 0.05) is 7.05 Å². The van der Waals surface area contributed by atoms with Gasteiger partial charge in [0.1, 0.15) is 0 Å². The zero-order valence-corrected chi connectivity index (χ0v) is 8.65. The summed E-state index contributed by atoms with van der Waals surface area (Å²) in [5.41, 5.74) is 1.81. The zero-order chi connectivity index (χ0) is 10.7. The summed E-state index contributed by atoms with van der Waals surface area (Å²) in [5, 5.41) is 3.06. The van der Waals surface area contributed by atoms with Crippen molar-refractivity contribution in [2.24, 2.45) is 0 Å². The minimum Gasteiger partial charge on any atom is -0.494 e. The molecule has 1 N–H and O–H groups in total. The molecule has 0 unspecified atom stereocenters. The first kappa shape index (κ1) is 9.58. The lowest BCUT2D eigenvalue weighted by atomic mass is 10.1. The van der Waals surface area contributed by atoms with Gasteiger partial charge in [-0.25, -0.2) is 4.98 Å². The van der Waals surface area contributed by atoms with E-state index in [0.717, 1.165) is 17.0 Å². The summed E-state index contributed by atoms with van der Waals surface area (Å²) in [5.74, 6) is 1.46. The molecule has 0 aliphatic carbocycles. The Kier molecular flexibility index (Phi) is 2.58. The molecular weight excluding hydrogens is 192 g/mol. The normalized spacial score (nSPS) is 10.0. The molecule has 1 aromatic carbocycles. The van der Waals surface area contributed by atoms with Gasteiger partial charge in [-0.05, 0) is 12.1 Å². The molecule has 78 valence electrons. The van der Waals surface area contributed by atoms with Crippen LogP contribution in [-0.2, 0) is 0 Å². The Morgan fingerprint density at radius 3 is 2.87 bits per heavy atom. The second-order valence-electron chi connectivity index (χ2n) is 3.00. The maximum atomic E-state index is 5.34. The molecule has 1 heterocycles. The van der Waals surface area contributed by atoms with Gasteiger partial charge < -0.3 is 14.5 Å². The summed E-state index contributed by atoms with van der Waals surface area (Å²) < 4.78 is 10.6. The van der Waals surface area contributed by atoms with Crippen molar-refractivity contribution < 1.29 is 9.15 Å². The van der Waals surface area contributed by atoms with E-state index in [-0.39, 0.29) is 0 Å². The van der Waals surface area contributed by atoms with Gasteiger partial charge in [0.15, 0.2) is 17.9 Å². The number of nitrogens with zero attached hydrogens (tertiary/aromatic N) is 1. The zero-order valence-electron chi connectivity index (χ0n) is 8.65. The molecule has 0 aliphatic rings. The van der Waals surface area contributed by atoms with E-state index >= 15 is 0 Å². The number of nitrogens with one attached hydrogen (secondary N) is 1. The molecule has 4 heteroatoms. The maximum absolute atomic E-state index is 5.34. The fourth-order valence-corrected chi connectivity index (χ4v) is 1.50. The molecule has 2 aromatic rings. The molecule has 1 aromatic heterocycles. The topological polar surface area (TPSA) is 47.3 Å². The first-order chi connectivity index (χ1) is 7.36. The number of rotatable bonds is 3. The van der Waals surface area contributed by atoms with Crippen LogP contribution in [0, 0.1) is 0 Å². The van der Waals surface area contributed by atoms with Gasteiger partial charge in [-0.15, -0.1) is 0 Å². The molecule has 4 nitrogen and oxygen atoms in total. The minimum atomic E-state index is 0.698. The van der Waals surface area contributed by atoms with Crippen LogP contribution in [0.5, 0.6) is 5.75 Å². The van der Waals surface area contributed by atoms with Crippen LogP contribution in [0.1, 0.15) is 0 Å². The predicted molar refractivity (Wildman–Crippen MR) is 58.0 cm³/mol. The quantitative estimate of drug-likeness (QED) is 0.833. The monoisotopic (exact) mass is 204 g/mol. The molecule has 0 saturated carbocycles. The van der Waals surface area contributed by atoms with E-state index in [1.165, 1.54) is 6.39 Å². The van der Waals surface area contributed by atoms with Crippen LogP contribution < -0.4 is 10.1 Å². The highest BCUT2D eigenvalue weighted by Crippen LogP contribution is 2.35. The van der Waals surface area contributed by atoms with E-state index in [0.29, 0.717) is 5.76 Å². The Hall–Kier alpha value is -1.97. The predicted octanol–water partition coefficient (Wildman–Crippen LogP) is 2.39. The van der Waals surface area contributed by atoms with Crippen LogP contribution in [0.2, 0.25) is 0 Å². The Bertz CT molecular complexity index is 438. The van der Waals surface area contributed by atoms with Gasteiger partial charge in [0.25, 0.3) is 0 Å². The summed E-state index contributed by atoms with van der Waals surface area (Å²) in [6.45, 7) is 0. The van der Waals surface area contributed by atoms with Crippen LogP contribution >= 0.6 is 0 Å². The third-order valence-corrected chi connectivity index (χ3v) is 2.19. The number of hydrogen-bond donors (Lipinski definition) is 1. The standard InChI is InChI=1S/C11H12N2O2/c1-12-9-5-3-4-8(11(9)14-2)10-6-13-7-15-10/h3-7,12H,1-2H3. The summed E-state index contributed by atoms with van der Waals surface area (Å²) in [4.78, 5) is 3.89. The number of oxazole rings is 1. The minimum absolute atomic E-state index is 0.698. The fraction of sp³-hybridized carbons (Fsp3) is 0.182. The van der Waals surface area contributed by atoms with Gasteiger partial charge in [0.2, 0.25) is 0 Å². The Balaban J connectivity index is 2.56. The van der Waals surface area contributed by atoms with Gasteiger partial charge in [0.05, 0.1) is 24.6 Å². The lowest BCUT2D eigenvalue weighted by molar-refractivity contribution is 0.416. The summed E-state index contributed by atoms with van der Waals surface area (Å²) in [7, 11) is 3.48. The summed E-state index contributed by atoms with van der Waals surface area (Å²) in [6, 6.07) is 5.81. The number of methoxy groups -OCH3 is 1. The van der Waals surface area contributed by atoms with Crippen LogP contribution in [0.25, 0.3) is 11.3 Å². The molecule has 0 radical (unpaired) electrons. The number of ether oxygens (including phenoxy) is 1. The Morgan fingerprint density at radius 2 is 2.27 bits per heavy atom. The smallest absolute Gasteiger partial charge is 0.181 e. The lowest BCUT2D eigenvalue weighted by Gasteiger charge is -2.10. The molecule has 0 bridgehead atoms. The number of hydrogen-bond acceptors (Lipinski definition) is 4. The summed E-state index contributed by atoms with van der Waals surface area (Å²) >= 11 is 0. The molecule has 0 atom stereocenters. The maximum Gasteiger partial charge on any atom is 0.181 e. The van der Waals surface area contributed by atoms with Crippen molar-refractivity contribution in [2.45, 2.75) is 0 Å². The average molecular weight is 204 g/mol. The number of aromatic nitrogens is 1. The summed E-state index contributed by atoms with van der Waals surface area (Å²) in [6.07, 6.45) is 3.07. The molecule has 0 aliphatic heterocycles. The highest BCUT2D eigenvalue weighted by atomic mass is 16.5. The third kappa shape index (κ3) is 1.66. The number of para-hydroxylation sites is 1. The number of anilines is 1. The Morgan fingerprint density at radius 1 is 1.40 bits per heavy atom. The van der Waals surface area contributed by atoms with Gasteiger partial charge in [-0.1, -0.05) is 6.07 Å². The van der Waals surface area contributed by atoms with Gasteiger partial charge >= 0.3 is 0 Å². The van der Waals surface area contributed by atoms with Crippen molar-refractivity contribution in [1.82, 2.24) is 4.98 Å². The van der Waals surface area contributed by atoms with E-state index in [1.54, 1.807) is 13.3 Å². The number of benzene rings is 1. The SMILES string of the molecule is CNc1cccc(-c2cnco2)c1OC. The van der Waals surface area contributed by atoms with Crippen molar-refractivity contribution in [3.63, 3.8) is 0 Å². The van der Waals surface area contributed by atoms with E-state index in [2.05, 4.69) is 10.3 Å². The lowest BCUT2D eigenvalue weighted by Crippen LogP contribution is -1.95. The second-order valence-corrected chi connectivity index (χ2v) is 3.00. The average Bonchev–Trinajstić information content (AvgIpc) is 2.81. The van der Waals surface area contributed by atoms with Crippen LogP contribution in [0.4, 0.5) is 5.69 Å². The largest absolute Gasteiger partial charge is 0.494 e. The molecule has 0 fully saturated rings. The molecule has 2 rings (SSSR count). The van der Waals surface area contributed by atoms with Crippen molar-refractivity contribution in [2.75, 3.05) is 19.5 Å². The Labute approximate surface area is 87.9 Å². The van der Waals surface area contributed by atoms with Crippen molar-refractivity contribution in [3.05, 3.63) is 30.8 Å². The van der Waals surface area contributed by atoms with Crippen molar-refractivity contribution in [3.8, 4) is 17.1 Å². The van der Waals surface area contributed by atoms with E-state index in [1.807, 2.05) is 25.2 Å². The molecule has 0 amide bonds. The molecule has 0 saturated heterocycles. The van der Waals surface area contributed by atoms with Gasteiger partial charge in [-0.2, -0.15) is 0 Å². The van der Waals surface area contributed by atoms with E-state index < -0.39 is 0 Å². The van der Waals surface area contributed by atoms with E-state index in [9.17, 15) is 0 Å². The van der Waals surface area contributed by atoms with Crippen LogP contribution in [-0.4, -0.2) is 19.1 Å². The van der Waals surface area contributed by atoms with E-state index in [4.69, 9.17) is 9.15 Å². The van der Waals surface area contributed by atoms with Crippen molar-refractivity contribution in [1.29, 1.82) is 0 Å². The molecule has 15 heavy (non-hydrogen) atoms. The highest BCUT2D eigenvalue weighted by molar-refractivity contribution is 5.74. The van der Waals surface area contributed by atoms with Crippen LogP contribution in [0.3, 0.4) is 0 Å². The first-order valence-electron chi connectivity index (χ1n) is 4.60. The first-order valence-corrected chi connectivity index (χ1v) is 4.60. The highest BCUT2D eigenvalue weighted by Gasteiger charge is 2.11. The molecular formula is C11H12N2O2. The second kappa shape index (κ2) is 4.04. The van der Waals surface area contributed by atoms with Crippen molar-refractivity contribution >= 4 is 5.69 Å². The third-order valence-electron chi connectivity index (χ3n) is 2.19.